The molecule has 1 heterocycles. The monoisotopic (exact) mass is 212 g/mol. The average Bonchev–Trinajstić information content (AvgIpc) is 2.20. The number of rotatable bonds is 2. The molecule has 1 rings (SSSR count). The molecule has 0 spiro atoms. The van der Waals surface area contributed by atoms with Crippen LogP contribution in [0.5, 0.6) is 0 Å². The van der Waals surface area contributed by atoms with Crippen LogP contribution in [0.4, 0.5) is 0 Å². The number of nitriles is 1. The van der Waals surface area contributed by atoms with Crippen LogP contribution in [0.2, 0.25) is 38.3 Å². The molecule has 0 atom stereocenters. The maximum absolute atomic E-state index is 8.62. The van der Waals surface area contributed by atoms with E-state index in [-0.39, 0.29) is 0 Å². The van der Waals surface area contributed by atoms with Gasteiger partial charge in [0, 0.05) is 6.42 Å². The molecule has 0 bridgehead atoms. The lowest BCUT2D eigenvalue weighted by molar-refractivity contribution is 0.635. The molecule has 0 aromatic rings. The van der Waals surface area contributed by atoms with Crippen LogP contribution < -0.4 is 0 Å². The van der Waals surface area contributed by atoms with Gasteiger partial charge in [0.25, 0.3) is 0 Å². The Morgan fingerprint density at radius 2 is 1.62 bits per heavy atom. The second kappa shape index (κ2) is 3.56. The van der Waals surface area contributed by atoms with Crippen molar-refractivity contribution in [3.8, 4) is 6.07 Å². The summed E-state index contributed by atoms with van der Waals surface area (Å²) in [6.45, 7) is 10.8. The Balaban J connectivity index is 2.71. The highest BCUT2D eigenvalue weighted by atomic mass is 28.4. The zero-order valence-electron chi connectivity index (χ0n) is 9.22. The third kappa shape index (κ3) is 2.22. The Kier molecular flexibility index (Phi) is 3.00. The van der Waals surface area contributed by atoms with Crippen LogP contribution >= 0.6 is 0 Å². The lowest BCUT2D eigenvalue weighted by atomic mass is 10.5. The Morgan fingerprint density at radius 1 is 1.15 bits per heavy atom. The van der Waals surface area contributed by atoms with Crippen molar-refractivity contribution in [2.45, 2.75) is 44.7 Å². The molecule has 0 aliphatic carbocycles. The van der Waals surface area contributed by atoms with Crippen LogP contribution in [0.3, 0.4) is 0 Å². The first-order valence-electron chi connectivity index (χ1n) is 5.05. The number of nitrogens with zero attached hydrogens (tertiary/aromatic N) is 2. The van der Waals surface area contributed by atoms with Gasteiger partial charge in [-0.25, -0.2) is 0 Å². The van der Waals surface area contributed by atoms with Crippen LogP contribution in [0, 0.1) is 11.3 Å². The average molecular weight is 212 g/mol. The maximum Gasteiger partial charge on any atom is 0.115 e. The van der Waals surface area contributed by atoms with Crippen molar-refractivity contribution in [3.63, 3.8) is 0 Å². The predicted octanol–water partition coefficient (Wildman–Crippen LogP) is 2.63. The standard InChI is InChI=1S/C9H20N2Si2/c1-12(2)8-9-13(3,4)11(12)7-5-6-10/h5,7-9H2,1-4H3. The first-order chi connectivity index (χ1) is 5.90. The minimum Gasteiger partial charge on any atom is -0.345 e. The van der Waals surface area contributed by atoms with Crippen molar-refractivity contribution in [1.82, 2.24) is 4.23 Å². The molecular formula is C9H20N2Si2. The van der Waals surface area contributed by atoms with E-state index >= 15 is 0 Å². The fourth-order valence-electron chi connectivity index (χ4n) is 2.47. The summed E-state index contributed by atoms with van der Waals surface area (Å²) in [5.41, 5.74) is 0. The number of hydrogen-bond acceptors (Lipinski definition) is 2. The molecule has 0 N–H and O–H groups in total. The number of hydrogen-bond donors (Lipinski definition) is 0. The molecule has 0 saturated carbocycles. The van der Waals surface area contributed by atoms with Gasteiger partial charge in [-0.3, -0.25) is 0 Å². The van der Waals surface area contributed by atoms with Crippen molar-refractivity contribution in [3.05, 3.63) is 0 Å². The summed E-state index contributed by atoms with van der Waals surface area (Å²) in [6.07, 6.45) is 0.715. The minimum absolute atomic E-state index is 0.715. The third-order valence-corrected chi connectivity index (χ3v) is 13.7. The van der Waals surface area contributed by atoms with Crippen LogP contribution in [0.15, 0.2) is 0 Å². The lowest BCUT2D eigenvalue weighted by Crippen LogP contribution is -2.54. The molecule has 0 amide bonds. The molecular weight excluding hydrogens is 192 g/mol. The first kappa shape index (κ1) is 11.0. The van der Waals surface area contributed by atoms with Gasteiger partial charge in [-0.2, -0.15) is 5.26 Å². The highest BCUT2D eigenvalue weighted by Crippen LogP contribution is 2.36. The minimum atomic E-state index is -1.10. The molecule has 74 valence electrons. The van der Waals surface area contributed by atoms with Crippen LogP contribution in [-0.4, -0.2) is 27.2 Å². The summed E-state index contributed by atoms with van der Waals surface area (Å²) in [6, 6.07) is 5.16. The summed E-state index contributed by atoms with van der Waals surface area (Å²) in [4.78, 5) is 0. The zero-order valence-corrected chi connectivity index (χ0v) is 11.2. The lowest BCUT2D eigenvalue weighted by Gasteiger charge is -2.38. The molecule has 0 aromatic carbocycles. The zero-order chi connectivity index (χ0) is 10.1. The SMILES string of the molecule is C[Si]1(C)CC[Si](C)(C)N1CCC#N. The van der Waals surface area contributed by atoms with E-state index in [1.54, 1.807) is 0 Å². The van der Waals surface area contributed by atoms with E-state index in [0.29, 0.717) is 6.42 Å². The van der Waals surface area contributed by atoms with Gasteiger partial charge in [0.2, 0.25) is 0 Å². The van der Waals surface area contributed by atoms with Crippen molar-refractivity contribution in [1.29, 1.82) is 5.26 Å². The smallest absolute Gasteiger partial charge is 0.115 e. The normalized spacial score (nSPS) is 25.8. The molecule has 1 aliphatic heterocycles. The van der Waals surface area contributed by atoms with Gasteiger partial charge in [-0.1, -0.05) is 26.2 Å². The van der Waals surface area contributed by atoms with Crippen molar-refractivity contribution in [2.24, 2.45) is 0 Å². The van der Waals surface area contributed by atoms with Gasteiger partial charge >= 0.3 is 0 Å². The van der Waals surface area contributed by atoms with Gasteiger partial charge in [0.05, 0.1) is 6.07 Å². The van der Waals surface area contributed by atoms with E-state index < -0.39 is 16.5 Å². The van der Waals surface area contributed by atoms with E-state index in [9.17, 15) is 0 Å². The van der Waals surface area contributed by atoms with E-state index in [1.165, 1.54) is 12.1 Å². The molecule has 0 unspecified atom stereocenters. The van der Waals surface area contributed by atoms with Crippen molar-refractivity contribution < 1.29 is 0 Å². The third-order valence-electron chi connectivity index (χ3n) is 3.26. The molecule has 13 heavy (non-hydrogen) atoms. The van der Waals surface area contributed by atoms with Gasteiger partial charge in [0.1, 0.15) is 16.5 Å². The summed E-state index contributed by atoms with van der Waals surface area (Å²) in [5, 5.41) is 8.62. The molecule has 0 radical (unpaired) electrons. The fourth-order valence-corrected chi connectivity index (χ4v) is 16.6. The van der Waals surface area contributed by atoms with Gasteiger partial charge in [-0.05, 0) is 18.6 Å². The second-order valence-corrected chi connectivity index (χ2v) is 15.0. The van der Waals surface area contributed by atoms with Crippen LogP contribution in [0.1, 0.15) is 6.42 Å². The fraction of sp³-hybridized carbons (Fsp3) is 0.889. The Labute approximate surface area is 83.7 Å². The van der Waals surface area contributed by atoms with E-state index in [4.69, 9.17) is 5.26 Å². The van der Waals surface area contributed by atoms with Gasteiger partial charge < -0.3 is 4.23 Å². The second-order valence-electron chi connectivity index (χ2n) is 5.18. The highest BCUT2D eigenvalue weighted by Gasteiger charge is 2.46. The topological polar surface area (TPSA) is 27.0 Å². The van der Waals surface area contributed by atoms with E-state index in [1.807, 2.05) is 0 Å². The Morgan fingerprint density at radius 3 is 2.00 bits per heavy atom. The summed E-state index contributed by atoms with van der Waals surface area (Å²) in [7, 11) is -2.20. The van der Waals surface area contributed by atoms with Crippen LogP contribution in [-0.2, 0) is 0 Å². The van der Waals surface area contributed by atoms with E-state index in [2.05, 4.69) is 36.5 Å². The molecule has 1 saturated heterocycles. The van der Waals surface area contributed by atoms with Crippen molar-refractivity contribution >= 4 is 16.5 Å². The summed E-state index contributed by atoms with van der Waals surface area (Å²) < 4.78 is 2.75. The predicted molar refractivity (Wildman–Crippen MR) is 61.5 cm³/mol. The summed E-state index contributed by atoms with van der Waals surface area (Å²) >= 11 is 0. The maximum atomic E-state index is 8.62. The molecule has 2 nitrogen and oxygen atoms in total. The Bertz CT molecular complexity index is 214. The van der Waals surface area contributed by atoms with Crippen molar-refractivity contribution in [2.75, 3.05) is 6.54 Å². The summed E-state index contributed by atoms with van der Waals surface area (Å²) in [5.74, 6) is 0. The molecule has 1 aliphatic rings. The van der Waals surface area contributed by atoms with Crippen LogP contribution in [0.25, 0.3) is 0 Å². The quantitative estimate of drug-likeness (QED) is 0.658. The van der Waals surface area contributed by atoms with E-state index in [0.717, 1.165) is 6.54 Å². The molecule has 0 aromatic heterocycles. The van der Waals surface area contributed by atoms with Gasteiger partial charge in [0.15, 0.2) is 0 Å². The van der Waals surface area contributed by atoms with Gasteiger partial charge in [-0.15, -0.1) is 0 Å². The molecule has 4 heteroatoms. The largest absolute Gasteiger partial charge is 0.345 e. The highest BCUT2D eigenvalue weighted by molar-refractivity contribution is 6.95. The first-order valence-corrected chi connectivity index (χ1v) is 11.4. The molecule has 1 fully saturated rings. The Hall–Kier alpha value is -0.116.